The van der Waals surface area contributed by atoms with Crippen molar-refractivity contribution in [3.05, 3.63) is 35.4 Å². The molecule has 0 radical (unpaired) electrons. The molecule has 2 aliphatic heterocycles. The average molecular weight is 478 g/mol. The van der Waals surface area contributed by atoms with Gasteiger partial charge in [0.2, 0.25) is 15.9 Å². The second-order valence-electron chi connectivity index (χ2n) is 7.76. The van der Waals surface area contributed by atoms with E-state index < -0.39 is 21.8 Å². The van der Waals surface area contributed by atoms with Gasteiger partial charge in [-0.3, -0.25) is 9.59 Å². The fraction of sp³-hybridized carbons (Fsp3) is 0.600. The molecule has 0 spiro atoms. The Morgan fingerprint density at radius 2 is 1.62 bits per heavy atom. The molecule has 2 amide bonds. The smallest absolute Gasteiger partial charge is 0.379 e. The molecule has 3 rings (SSSR count). The first kappa shape index (κ1) is 24.5. The van der Waals surface area contributed by atoms with Crippen LogP contribution in [0.15, 0.2) is 24.3 Å². The number of ether oxygens (including phenoxy) is 1. The van der Waals surface area contributed by atoms with Crippen molar-refractivity contribution in [2.45, 2.75) is 19.0 Å². The third-order valence-electron chi connectivity index (χ3n) is 5.63. The largest absolute Gasteiger partial charge is 0.416 e. The number of carbonyl (C=O) groups excluding carboxylic acids is 2. The van der Waals surface area contributed by atoms with Gasteiger partial charge in [-0.2, -0.15) is 17.5 Å². The molecule has 0 aromatic heterocycles. The summed E-state index contributed by atoms with van der Waals surface area (Å²) < 4.78 is 69.1. The highest BCUT2D eigenvalue weighted by molar-refractivity contribution is 7.89. The quantitative estimate of drug-likeness (QED) is 0.667. The highest BCUT2D eigenvalue weighted by atomic mass is 32.2. The molecule has 8 nitrogen and oxygen atoms in total. The third-order valence-corrected chi connectivity index (χ3v) is 7.51. The molecule has 1 aromatic rings. The molecule has 0 unspecified atom stereocenters. The number of hydrogen-bond donors (Lipinski definition) is 1. The van der Waals surface area contributed by atoms with Gasteiger partial charge in [0.1, 0.15) is 0 Å². The Bertz CT molecular complexity index is 907. The first-order chi connectivity index (χ1) is 15.1. The zero-order valence-electron chi connectivity index (χ0n) is 17.4. The Morgan fingerprint density at radius 1 is 1.03 bits per heavy atom. The van der Waals surface area contributed by atoms with Gasteiger partial charge in [-0.15, -0.1) is 0 Å². The molecule has 0 atom stereocenters. The highest BCUT2D eigenvalue weighted by Gasteiger charge is 2.32. The van der Waals surface area contributed by atoms with Gasteiger partial charge in [-0.05, 0) is 37.1 Å². The molecule has 32 heavy (non-hydrogen) atoms. The van der Waals surface area contributed by atoms with Crippen LogP contribution in [0.2, 0.25) is 0 Å². The molecule has 0 saturated carbocycles. The van der Waals surface area contributed by atoms with Crippen LogP contribution in [-0.4, -0.2) is 81.1 Å². The minimum atomic E-state index is -4.46. The molecule has 2 aliphatic rings. The second kappa shape index (κ2) is 10.2. The van der Waals surface area contributed by atoms with Crippen LogP contribution in [0.5, 0.6) is 0 Å². The van der Waals surface area contributed by atoms with E-state index >= 15 is 0 Å². The Hall–Kier alpha value is -2.18. The molecule has 12 heteroatoms. The number of sulfonamides is 1. The van der Waals surface area contributed by atoms with Crippen LogP contribution in [0.3, 0.4) is 0 Å². The summed E-state index contributed by atoms with van der Waals surface area (Å²) in [7, 11) is -3.46. The van der Waals surface area contributed by atoms with Crippen molar-refractivity contribution >= 4 is 21.8 Å². The maximum absolute atomic E-state index is 12.7. The molecule has 0 aliphatic carbocycles. The van der Waals surface area contributed by atoms with Crippen molar-refractivity contribution in [1.29, 1.82) is 0 Å². The molecule has 1 N–H and O–H groups in total. The fourth-order valence-electron chi connectivity index (χ4n) is 3.73. The summed E-state index contributed by atoms with van der Waals surface area (Å²) >= 11 is 0. The zero-order chi connectivity index (χ0) is 23.4. The lowest BCUT2D eigenvalue weighted by Gasteiger charge is -2.31. The number of carbonyl (C=O) groups is 2. The van der Waals surface area contributed by atoms with Crippen LogP contribution >= 0.6 is 0 Å². The van der Waals surface area contributed by atoms with E-state index in [0.29, 0.717) is 52.2 Å². The average Bonchev–Trinajstić information content (AvgIpc) is 2.78. The maximum Gasteiger partial charge on any atom is 0.416 e. The number of rotatable bonds is 6. The van der Waals surface area contributed by atoms with E-state index in [1.54, 1.807) is 0 Å². The second-order valence-corrected chi connectivity index (χ2v) is 9.85. The number of piperidine rings is 1. The summed E-state index contributed by atoms with van der Waals surface area (Å²) in [6.45, 7) is 1.92. The van der Waals surface area contributed by atoms with Crippen molar-refractivity contribution in [3.8, 4) is 0 Å². The van der Waals surface area contributed by atoms with Crippen molar-refractivity contribution in [1.82, 2.24) is 14.5 Å². The molecule has 178 valence electrons. The van der Waals surface area contributed by atoms with Gasteiger partial charge in [0.05, 0.1) is 24.5 Å². The van der Waals surface area contributed by atoms with Crippen molar-refractivity contribution in [2.75, 3.05) is 51.7 Å². The van der Waals surface area contributed by atoms with Gasteiger partial charge in [-0.25, -0.2) is 8.42 Å². The van der Waals surface area contributed by atoms with Crippen molar-refractivity contribution in [2.24, 2.45) is 5.92 Å². The topological polar surface area (TPSA) is 96.0 Å². The monoisotopic (exact) mass is 477 g/mol. The fourth-order valence-corrected chi connectivity index (χ4v) is 5.05. The van der Waals surface area contributed by atoms with Gasteiger partial charge in [0.15, 0.2) is 0 Å². The Kier molecular flexibility index (Phi) is 7.78. The van der Waals surface area contributed by atoms with E-state index in [1.807, 2.05) is 0 Å². The standard InChI is InChI=1S/C20H26F3N3O5S/c21-20(22,23)17-3-1-16(2-4-17)19(28)25-8-5-15(6-9-25)18(27)24-7-14-32(29,30)26-10-12-31-13-11-26/h1-4,15H,5-14H2,(H,24,27). The summed E-state index contributed by atoms with van der Waals surface area (Å²) in [4.78, 5) is 26.4. The van der Waals surface area contributed by atoms with Crippen molar-refractivity contribution < 1.29 is 35.9 Å². The van der Waals surface area contributed by atoms with Crippen LogP contribution < -0.4 is 5.32 Å². The van der Waals surface area contributed by atoms with E-state index in [9.17, 15) is 31.2 Å². The molecular weight excluding hydrogens is 451 g/mol. The predicted molar refractivity (Wildman–Crippen MR) is 109 cm³/mol. The zero-order valence-corrected chi connectivity index (χ0v) is 18.3. The van der Waals surface area contributed by atoms with E-state index in [2.05, 4.69) is 5.32 Å². The summed E-state index contributed by atoms with van der Waals surface area (Å²) in [6.07, 6.45) is -3.67. The van der Waals surface area contributed by atoms with Gasteiger partial charge < -0.3 is 15.0 Å². The number of morpholine rings is 1. The van der Waals surface area contributed by atoms with E-state index in [4.69, 9.17) is 4.74 Å². The molecule has 1 aromatic carbocycles. The lowest BCUT2D eigenvalue weighted by Crippen LogP contribution is -2.46. The summed E-state index contributed by atoms with van der Waals surface area (Å²) in [5.41, 5.74) is -0.658. The highest BCUT2D eigenvalue weighted by Crippen LogP contribution is 2.29. The normalized spacial score (nSPS) is 19.0. The molecule has 0 bridgehead atoms. The summed E-state index contributed by atoms with van der Waals surface area (Å²) in [5.74, 6) is -1.18. The number of likely N-dealkylation sites (tertiary alicyclic amines) is 1. The van der Waals surface area contributed by atoms with E-state index in [1.165, 1.54) is 9.21 Å². The molecular formula is C20H26F3N3O5S. The van der Waals surface area contributed by atoms with Crippen LogP contribution in [0.1, 0.15) is 28.8 Å². The lowest BCUT2D eigenvalue weighted by molar-refractivity contribution is -0.137. The number of amides is 2. The first-order valence-electron chi connectivity index (χ1n) is 10.4. The number of nitrogens with one attached hydrogen (secondary N) is 1. The third kappa shape index (κ3) is 6.20. The van der Waals surface area contributed by atoms with Gasteiger partial charge in [0, 0.05) is 44.2 Å². The molecule has 2 fully saturated rings. The summed E-state index contributed by atoms with van der Waals surface area (Å²) in [6, 6.07) is 4.05. The van der Waals surface area contributed by atoms with Gasteiger partial charge in [-0.1, -0.05) is 0 Å². The lowest BCUT2D eigenvalue weighted by atomic mass is 9.95. The molecule has 2 saturated heterocycles. The Morgan fingerprint density at radius 3 is 2.19 bits per heavy atom. The van der Waals surface area contributed by atoms with Crippen LogP contribution in [-0.2, 0) is 25.7 Å². The minimum Gasteiger partial charge on any atom is -0.379 e. The summed E-state index contributed by atoms with van der Waals surface area (Å²) in [5, 5.41) is 2.66. The number of halogens is 3. The van der Waals surface area contributed by atoms with Gasteiger partial charge in [0.25, 0.3) is 5.91 Å². The van der Waals surface area contributed by atoms with Crippen LogP contribution in [0.4, 0.5) is 13.2 Å². The Labute approximate surface area is 184 Å². The number of nitrogens with zero attached hydrogens (tertiary/aromatic N) is 2. The van der Waals surface area contributed by atoms with Crippen LogP contribution in [0.25, 0.3) is 0 Å². The number of benzene rings is 1. The molecule has 2 heterocycles. The van der Waals surface area contributed by atoms with E-state index in [0.717, 1.165) is 24.3 Å². The van der Waals surface area contributed by atoms with Crippen molar-refractivity contribution in [3.63, 3.8) is 0 Å². The van der Waals surface area contributed by atoms with E-state index in [-0.39, 0.29) is 35.6 Å². The maximum atomic E-state index is 12.7. The number of alkyl halides is 3. The SMILES string of the molecule is O=C(NCCS(=O)(=O)N1CCOCC1)C1CCN(C(=O)c2ccc(C(F)(F)F)cc2)CC1. The Balaban J connectivity index is 1.43. The first-order valence-corrected chi connectivity index (χ1v) is 12.0. The predicted octanol–water partition coefficient (Wildman–Crippen LogP) is 1.34. The van der Waals surface area contributed by atoms with Gasteiger partial charge >= 0.3 is 6.18 Å². The van der Waals surface area contributed by atoms with Crippen LogP contribution in [0, 0.1) is 5.92 Å². The minimum absolute atomic E-state index is 0.00320. The number of hydrogen-bond acceptors (Lipinski definition) is 5.